The van der Waals surface area contributed by atoms with Crippen LogP contribution in [0.1, 0.15) is 33.6 Å². The Morgan fingerprint density at radius 3 is 2.41 bits per heavy atom. The van der Waals surface area contributed by atoms with Crippen molar-refractivity contribution in [2.45, 2.75) is 33.6 Å². The molecule has 1 aromatic carbocycles. The Bertz CT molecular complexity index is 678. The van der Waals surface area contributed by atoms with Crippen LogP contribution in [0.3, 0.4) is 0 Å². The van der Waals surface area contributed by atoms with Crippen molar-refractivity contribution >= 4 is 22.9 Å². The molecular weight excluding hydrogens is 282 g/mol. The molecule has 1 aromatic rings. The summed E-state index contributed by atoms with van der Waals surface area (Å²) in [6.07, 6.45) is 1.90. The Morgan fingerprint density at radius 1 is 1.27 bits per heavy atom. The van der Waals surface area contributed by atoms with Crippen LogP contribution in [0.2, 0.25) is 0 Å². The Kier molecular flexibility index (Phi) is 3.09. The number of ketones is 1. The van der Waals surface area contributed by atoms with Crippen molar-refractivity contribution in [1.29, 1.82) is 0 Å². The number of nitrogens with zero attached hydrogens (tertiary/aromatic N) is 2. The van der Waals surface area contributed by atoms with Gasteiger partial charge in [-0.15, -0.1) is 0 Å². The van der Waals surface area contributed by atoms with E-state index < -0.39 is 4.92 Å². The standard InChI is InChI=1S/C16H19N3O3/c1-15(2)12-8-9-16(15,3)14(20)13(12)18-17-10-4-6-11(7-5-10)19(21)22/h4-7,12,17H,8-9H2,1-3H3/b18-13-/t12-,16-/m1/s1. The number of Topliss-reactive ketones (excluding diaryl/α,β-unsaturated/α-hetero) is 1. The number of rotatable bonds is 3. The molecule has 2 fully saturated rings. The lowest BCUT2D eigenvalue weighted by atomic mass is 9.70. The molecule has 0 radical (unpaired) electrons. The van der Waals surface area contributed by atoms with Crippen molar-refractivity contribution in [3.05, 3.63) is 34.4 Å². The number of anilines is 1. The van der Waals surface area contributed by atoms with E-state index in [4.69, 9.17) is 0 Å². The van der Waals surface area contributed by atoms with Gasteiger partial charge in [-0.3, -0.25) is 20.3 Å². The molecule has 1 N–H and O–H groups in total. The van der Waals surface area contributed by atoms with Crippen molar-refractivity contribution in [2.75, 3.05) is 5.43 Å². The number of hydrogen-bond donors (Lipinski definition) is 1. The maximum absolute atomic E-state index is 12.6. The van der Waals surface area contributed by atoms with Crippen LogP contribution in [0.15, 0.2) is 29.4 Å². The van der Waals surface area contributed by atoms with E-state index in [0.29, 0.717) is 11.4 Å². The molecule has 0 unspecified atom stereocenters. The molecule has 2 bridgehead atoms. The van der Waals surface area contributed by atoms with Gasteiger partial charge in [0.15, 0.2) is 5.78 Å². The van der Waals surface area contributed by atoms with Gasteiger partial charge < -0.3 is 0 Å². The second kappa shape index (κ2) is 4.63. The monoisotopic (exact) mass is 301 g/mol. The van der Waals surface area contributed by atoms with Gasteiger partial charge in [0.2, 0.25) is 0 Å². The van der Waals surface area contributed by atoms with E-state index in [1.165, 1.54) is 12.1 Å². The minimum atomic E-state index is -0.446. The molecule has 3 rings (SSSR count). The largest absolute Gasteiger partial charge is 0.292 e. The first kappa shape index (κ1) is 14.7. The predicted octanol–water partition coefficient (Wildman–Crippen LogP) is 3.39. The molecule has 2 atom stereocenters. The minimum absolute atomic E-state index is 0.0304. The molecule has 6 heteroatoms. The van der Waals surface area contributed by atoms with Crippen LogP contribution in [0.4, 0.5) is 11.4 Å². The van der Waals surface area contributed by atoms with Gasteiger partial charge in [-0.25, -0.2) is 0 Å². The fourth-order valence-corrected chi connectivity index (χ4v) is 3.74. The SMILES string of the molecule is CC1(C)[C@@H]2CC[C@]1(C)C(=O)/C2=N\Nc1ccc([N+](=O)[O-])cc1. The summed E-state index contributed by atoms with van der Waals surface area (Å²) in [7, 11) is 0. The van der Waals surface area contributed by atoms with E-state index in [2.05, 4.69) is 24.4 Å². The normalized spacial score (nSPS) is 30.8. The molecule has 2 aliphatic carbocycles. The van der Waals surface area contributed by atoms with Crippen molar-refractivity contribution < 1.29 is 9.72 Å². The number of benzene rings is 1. The van der Waals surface area contributed by atoms with Gasteiger partial charge in [0.05, 0.1) is 10.6 Å². The first-order chi connectivity index (χ1) is 10.3. The molecule has 0 aromatic heterocycles. The summed E-state index contributed by atoms with van der Waals surface area (Å²) in [6, 6.07) is 6.01. The fraction of sp³-hybridized carbons (Fsp3) is 0.500. The fourth-order valence-electron chi connectivity index (χ4n) is 3.74. The molecule has 6 nitrogen and oxygen atoms in total. The number of hydrazone groups is 1. The zero-order valence-electron chi connectivity index (χ0n) is 12.9. The van der Waals surface area contributed by atoms with Crippen molar-refractivity contribution in [1.82, 2.24) is 0 Å². The summed E-state index contributed by atoms with van der Waals surface area (Å²) in [5.74, 6) is 0.304. The summed E-state index contributed by atoms with van der Waals surface area (Å²) in [5.41, 5.74) is 3.75. The number of fused-ring (bicyclic) bond motifs is 2. The Labute approximate surface area is 128 Å². The molecule has 2 aliphatic rings. The Morgan fingerprint density at radius 2 is 1.91 bits per heavy atom. The topological polar surface area (TPSA) is 84.6 Å². The average molecular weight is 301 g/mol. The maximum Gasteiger partial charge on any atom is 0.269 e. The molecule has 22 heavy (non-hydrogen) atoms. The van der Waals surface area contributed by atoms with Crippen molar-refractivity contribution in [3.63, 3.8) is 0 Å². The van der Waals surface area contributed by atoms with Gasteiger partial charge in [-0.2, -0.15) is 5.10 Å². The second-order valence-corrected chi connectivity index (χ2v) is 6.89. The summed E-state index contributed by atoms with van der Waals surface area (Å²) in [5, 5.41) is 14.9. The first-order valence-electron chi connectivity index (χ1n) is 7.40. The summed E-state index contributed by atoms with van der Waals surface area (Å²) >= 11 is 0. The number of carbonyl (C=O) groups excluding carboxylic acids is 1. The zero-order valence-corrected chi connectivity index (χ0v) is 12.9. The van der Waals surface area contributed by atoms with Crippen molar-refractivity contribution in [2.24, 2.45) is 21.8 Å². The average Bonchev–Trinajstić information content (AvgIpc) is 2.78. The van der Waals surface area contributed by atoms with Gasteiger partial charge in [0, 0.05) is 23.5 Å². The molecular formula is C16H19N3O3. The number of carbonyl (C=O) groups is 1. The van der Waals surface area contributed by atoms with Crippen LogP contribution in [0.5, 0.6) is 0 Å². The molecule has 0 spiro atoms. The minimum Gasteiger partial charge on any atom is -0.292 e. The maximum atomic E-state index is 12.6. The van der Waals surface area contributed by atoms with Crippen LogP contribution in [0, 0.1) is 26.9 Å². The van der Waals surface area contributed by atoms with Crippen LogP contribution in [0.25, 0.3) is 0 Å². The van der Waals surface area contributed by atoms with Gasteiger partial charge >= 0.3 is 0 Å². The smallest absolute Gasteiger partial charge is 0.269 e. The third-order valence-corrected chi connectivity index (χ3v) is 5.67. The number of hydrogen-bond acceptors (Lipinski definition) is 5. The summed E-state index contributed by atoms with van der Waals surface area (Å²) < 4.78 is 0. The first-order valence-corrected chi connectivity index (χ1v) is 7.40. The third kappa shape index (κ3) is 1.86. The van der Waals surface area contributed by atoms with Crippen LogP contribution >= 0.6 is 0 Å². The van der Waals surface area contributed by atoms with E-state index in [1.54, 1.807) is 12.1 Å². The molecule has 2 saturated carbocycles. The lowest BCUT2D eigenvalue weighted by molar-refractivity contribution is -0.384. The number of nitro benzene ring substituents is 1. The van der Waals surface area contributed by atoms with Gasteiger partial charge in [0.25, 0.3) is 5.69 Å². The quantitative estimate of drug-likeness (QED) is 0.685. The van der Waals surface area contributed by atoms with Gasteiger partial charge in [-0.05, 0) is 30.4 Å². The lowest BCUT2D eigenvalue weighted by Gasteiger charge is -2.31. The molecule has 0 saturated heterocycles. The highest BCUT2D eigenvalue weighted by Crippen LogP contribution is 2.62. The lowest BCUT2D eigenvalue weighted by Crippen LogP contribution is -2.33. The number of nitrogens with one attached hydrogen (secondary N) is 1. The van der Waals surface area contributed by atoms with E-state index in [9.17, 15) is 14.9 Å². The summed E-state index contributed by atoms with van der Waals surface area (Å²) in [4.78, 5) is 22.8. The van der Waals surface area contributed by atoms with E-state index in [1.807, 2.05) is 6.92 Å². The third-order valence-electron chi connectivity index (χ3n) is 5.67. The highest BCUT2D eigenvalue weighted by molar-refractivity contribution is 6.45. The second-order valence-electron chi connectivity index (χ2n) is 6.89. The van der Waals surface area contributed by atoms with E-state index in [-0.39, 0.29) is 28.2 Å². The zero-order chi connectivity index (χ0) is 16.1. The molecule has 116 valence electrons. The van der Waals surface area contributed by atoms with Gasteiger partial charge in [-0.1, -0.05) is 20.8 Å². The number of nitro groups is 1. The highest BCUT2D eigenvalue weighted by Gasteiger charge is 2.65. The Balaban J connectivity index is 1.82. The van der Waals surface area contributed by atoms with Gasteiger partial charge in [0.1, 0.15) is 5.71 Å². The van der Waals surface area contributed by atoms with Crippen LogP contribution < -0.4 is 5.43 Å². The highest BCUT2D eigenvalue weighted by atomic mass is 16.6. The molecule has 0 amide bonds. The van der Waals surface area contributed by atoms with E-state index >= 15 is 0 Å². The van der Waals surface area contributed by atoms with Crippen molar-refractivity contribution in [3.8, 4) is 0 Å². The van der Waals surface area contributed by atoms with Crippen LogP contribution in [-0.4, -0.2) is 16.4 Å². The molecule has 0 heterocycles. The number of non-ortho nitro benzene ring substituents is 1. The van der Waals surface area contributed by atoms with Crippen LogP contribution in [-0.2, 0) is 4.79 Å². The van der Waals surface area contributed by atoms with E-state index in [0.717, 1.165) is 12.8 Å². The summed E-state index contributed by atoms with van der Waals surface area (Å²) in [6.45, 7) is 6.30. The predicted molar refractivity (Wildman–Crippen MR) is 83.8 cm³/mol. The molecule has 0 aliphatic heterocycles. The Hall–Kier alpha value is -2.24.